The maximum Gasteiger partial charge on any atom is 0.323 e. The Morgan fingerprint density at radius 2 is 1.91 bits per heavy atom. The number of nitrogens with zero attached hydrogens (tertiary/aromatic N) is 3. The van der Waals surface area contributed by atoms with Crippen LogP contribution < -0.4 is 0 Å². The molecule has 1 aromatic heterocycles. The summed E-state index contributed by atoms with van der Waals surface area (Å²) in [5, 5.41) is 61.5. The van der Waals surface area contributed by atoms with Crippen LogP contribution in [-0.2, 0) is 9.53 Å². The molecule has 0 spiro atoms. The third-order valence-corrected chi connectivity index (χ3v) is 8.80. The molecular weight excluding hydrogens is 542 g/mol. The van der Waals surface area contributed by atoms with Crippen LogP contribution in [-0.4, -0.2) is 82.7 Å². The summed E-state index contributed by atoms with van der Waals surface area (Å²) in [7, 11) is 0. The third kappa shape index (κ3) is 4.06. The lowest BCUT2D eigenvalue weighted by Gasteiger charge is -2.37. The number of aliphatic hydroxyl groups is 4. The average Bonchev–Trinajstić information content (AvgIpc) is 3.56. The van der Waals surface area contributed by atoms with E-state index in [4.69, 9.17) is 4.74 Å². The van der Waals surface area contributed by atoms with Crippen molar-refractivity contribution in [3.8, 4) is 5.69 Å². The first kappa shape index (κ1) is 24.6. The number of ether oxygens (including phenoxy) is 1. The van der Waals surface area contributed by atoms with Crippen molar-refractivity contribution >= 4 is 44.4 Å². The lowest BCUT2D eigenvalue weighted by Crippen LogP contribution is -2.57. The Hall–Kier alpha value is -2.06. The molecule has 12 heteroatoms. The number of fused-ring (bicyclic) bond motifs is 1. The zero-order chi connectivity index (χ0) is 24.9. The van der Waals surface area contributed by atoms with Crippen molar-refractivity contribution < 1.29 is 35.1 Å². The number of benzene rings is 2. The molecule has 10 nitrogen and oxygen atoms in total. The fourth-order valence-electron chi connectivity index (χ4n) is 4.77. The van der Waals surface area contributed by atoms with Crippen molar-refractivity contribution in [1.29, 1.82) is 0 Å². The van der Waals surface area contributed by atoms with E-state index in [1.54, 1.807) is 4.57 Å². The standard InChI is InChI=1S/C23H24BrN3O7S/c24-21-25-26-22(35-23(20(32)33,17(29)9-28)15-10-34-19(31)18(15)30)27(21)16-8-7-12(11-5-6-11)13-3-1-2-4-14(13)16/h1-4,7-8,11,15,17-19,28-31H,5-6,9-10H2,(H,32,33). The normalized spacial score (nSPS) is 25.0. The number of carboxylic acid groups (broad SMARTS) is 1. The quantitative estimate of drug-likeness (QED) is 0.254. The molecule has 1 aliphatic carbocycles. The molecule has 5 unspecified atom stereocenters. The van der Waals surface area contributed by atoms with Crippen molar-refractivity contribution in [3.63, 3.8) is 0 Å². The smallest absolute Gasteiger partial charge is 0.323 e. The van der Waals surface area contributed by atoms with Gasteiger partial charge in [-0.2, -0.15) is 0 Å². The van der Waals surface area contributed by atoms with Gasteiger partial charge in [-0.05, 0) is 51.7 Å². The highest BCUT2D eigenvalue weighted by Gasteiger charge is 2.59. The first-order valence-corrected chi connectivity index (χ1v) is 12.7. The molecule has 2 aromatic carbocycles. The first-order valence-electron chi connectivity index (χ1n) is 11.1. The average molecular weight is 566 g/mol. The second-order valence-corrected chi connectivity index (χ2v) is 10.8. The Bertz CT molecular complexity index is 1270. The monoisotopic (exact) mass is 565 g/mol. The fourth-order valence-corrected chi connectivity index (χ4v) is 6.64. The number of carbonyl (C=O) groups is 1. The van der Waals surface area contributed by atoms with E-state index in [1.807, 2.05) is 36.4 Å². The van der Waals surface area contributed by atoms with Crippen LogP contribution in [0.1, 0.15) is 24.3 Å². The minimum absolute atomic E-state index is 0.115. The van der Waals surface area contributed by atoms with Crippen molar-refractivity contribution in [3.05, 3.63) is 46.7 Å². The Morgan fingerprint density at radius 3 is 2.51 bits per heavy atom. The van der Waals surface area contributed by atoms with Crippen LogP contribution in [0.15, 0.2) is 46.3 Å². The van der Waals surface area contributed by atoms with Gasteiger partial charge in [0.1, 0.15) is 12.2 Å². The van der Waals surface area contributed by atoms with Gasteiger partial charge in [0.15, 0.2) is 16.2 Å². The van der Waals surface area contributed by atoms with Gasteiger partial charge in [0.05, 0.1) is 18.9 Å². The summed E-state index contributed by atoms with van der Waals surface area (Å²) in [5.41, 5.74) is 1.95. The molecule has 1 aliphatic heterocycles. The third-order valence-electron chi connectivity index (χ3n) is 6.75. The highest BCUT2D eigenvalue weighted by Crippen LogP contribution is 2.48. The van der Waals surface area contributed by atoms with Crippen LogP contribution in [0.4, 0.5) is 0 Å². The van der Waals surface area contributed by atoms with Crippen LogP contribution in [0.2, 0.25) is 0 Å². The summed E-state index contributed by atoms with van der Waals surface area (Å²) in [6, 6.07) is 11.9. The molecular formula is C23H24BrN3O7S. The Kier molecular flexibility index (Phi) is 6.64. The van der Waals surface area contributed by atoms with Gasteiger partial charge in [-0.25, -0.2) is 0 Å². The van der Waals surface area contributed by atoms with Crippen LogP contribution in [0.3, 0.4) is 0 Å². The molecule has 1 saturated heterocycles. The number of aromatic nitrogens is 3. The minimum atomic E-state index is -2.19. The number of aliphatic hydroxyl groups excluding tert-OH is 4. The minimum Gasteiger partial charge on any atom is -0.480 e. The maximum absolute atomic E-state index is 12.6. The van der Waals surface area contributed by atoms with Gasteiger partial charge in [-0.1, -0.05) is 42.1 Å². The van der Waals surface area contributed by atoms with Gasteiger partial charge in [0.25, 0.3) is 0 Å². The highest BCUT2D eigenvalue weighted by atomic mass is 79.9. The number of halogens is 1. The van der Waals surface area contributed by atoms with Crippen molar-refractivity contribution in [1.82, 2.24) is 14.8 Å². The van der Waals surface area contributed by atoms with Crippen LogP contribution in [0.5, 0.6) is 0 Å². The summed E-state index contributed by atoms with van der Waals surface area (Å²) < 4.78 is 4.81. The number of rotatable bonds is 8. The molecule has 35 heavy (non-hydrogen) atoms. The Morgan fingerprint density at radius 1 is 1.20 bits per heavy atom. The van der Waals surface area contributed by atoms with Crippen LogP contribution in [0.25, 0.3) is 16.5 Å². The van der Waals surface area contributed by atoms with E-state index in [0.717, 1.165) is 23.6 Å². The molecule has 186 valence electrons. The van der Waals surface area contributed by atoms with Crippen molar-refractivity contribution in [2.24, 2.45) is 5.92 Å². The molecule has 0 radical (unpaired) electrons. The summed E-state index contributed by atoms with van der Waals surface area (Å²) >= 11 is 4.06. The van der Waals surface area contributed by atoms with E-state index < -0.39 is 41.7 Å². The summed E-state index contributed by atoms with van der Waals surface area (Å²) in [5.74, 6) is -2.23. The second-order valence-electron chi connectivity index (χ2n) is 8.80. The molecule has 0 amide bonds. The predicted octanol–water partition coefficient (Wildman–Crippen LogP) is 1.65. The molecule has 5 atom stereocenters. The number of thioether (sulfide) groups is 1. The molecule has 2 fully saturated rings. The number of aliphatic carboxylic acids is 1. The van der Waals surface area contributed by atoms with Gasteiger partial charge in [0, 0.05) is 11.3 Å². The molecule has 5 rings (SSSR count). The predicted molar refractivity (Wildman–Crippen MR) is 129 cm³/mol. The van der Waals surface area contributed by atoms with Gasteiger partial charge >= 0.3 is 5.97 Å². The van der Waals surface area contributed by atoms with Gasteiger partial charge in [-0.15, -0.1) is 10.2 Å². The molecule has 5 N–H and O–H groups in total. The molecule has 3 aromatic rings. The lowest BCUT2D eigenvalue weighted by molar-refractivity contribution is -0.148. The first-order chi connectivity index (χ1) is 16.8. The van der Waals surface area contributed by atoms with Crippen molar-refractivity contribution in [2.75, 3.05) is 13.2 Å². The zero-order valence-corrected chi connectivity index (χ0v) is 20.8. The van der Waals surface area contributed by atoms with Gasteiger partial charge in [-0.3, -0.25) is 9.36 Å². The van der Waals surface area contributed by atoms with Gasteiger partial charge < -0.3 is 30.3 Å². The summed E-state index contributed by atoms with van der Waals surface area (Å²) in [6.45, 7) is -1.24. The molecule has 0 bridgehead atoms. The lowest BCUT2D eigenvalue weighted by atomic mass is 9.84. The van der Waals surface area contributed by atoms with E-state index in [0.29, 0.717) is 28.1 Å². The van der Waals surface area contributed by atoms with Crippen LogP contribution in [0, 0.1) is 5.92 Å². The molecule has 2 heterocycles. The largest absolute Gasteiger partial charge is 0.480 e. The Balaban J connectivity index is 1.65. The SMILES string of the molecule is O=C(O)C(Sc1nnc(Br)n1-c1ccc(C2CC2)c2ccccc12)(C(O)CO)C1COC(O)C1O. The van der Waals surface area contributed by atoms with Crippen LogP contribution >= 0.6 is 27.7 Å². The van der Waals surface area contributed by atoms with Gasteiger partial charge in [0.2, 0.25) is 4.73 Å². The molecule has 1 saturated carbocycles. The highest BCUT2D eigenvalue weighted by molar-refractivity contribution is 9.10. The van der Waals surface area contributed by atoms with E-state index >= 15 is 0 Å². The van der Waals surface area contributed by atoms with E-state index in [9.17, 15) is 30.3 Å². The van der Waals surface area contributed by atoms with Crippen molar-refractivity contribution in [2.45, 2.75) is 47.2 Å². The van der Waals surface area contributed by atoms with E-state index in [1.165, 1.54) is 5.56 Å². The van der Waals surface area contributed by atoms with E-state index in [-0.39, 0.29) is 11.8 Å². The Labute approximate surface area is 212 Å². The maximum atomic E-state index is 12.6. The number of hydrogen-bond acceptors (Lipinski definition) is 9. The second kappa shape index (κ2) is 9.43. The summed E-state index contributed by atoms with van der Waals surface area (Å²) in [4.78, 5) is 12.6. The zero-order valence-electron chi connectivity index (χ0n) is 18.4. The topological polar surface area (TPSA) is 158 Å². The number of hydrogen-bond donors (Lipinski definition) is 5. The fraction of sp³-hybridized carbons (Fsp3) is 0.435. The molecule has 2 aliphatic rings. The van der Waals surface area contributed by atoms with E-state index in [2.05, 4.69) is 26.1 Å². The number of carboxylic acids is 1. The summed E-state index contributed by atoms with van der Waals surface area (Å²) in [6.07, 6.45) is -2.75.